The molecule has 1 aromatic heterocycles. The number of hydrogen-bond acceptors (Lipinski definition) is 6. The highest BCUT2D eigenvalue weighted by Gasteiger charge is 2.43. The normalized spacial score (nSPS) is 21.2. The van der Waals surface area contributed by atoms with Gasteiger partial charge in [0.2, 0.25) is 5.91 Å². The number of carbonyl (C=O) groups is 3. The van der Waals surface area contributed by atoms with Crippen molar-refractivity contribution in [3.63, 3.8) is 0 Å². The van der Waals surface area contributed by atoms with Gasteiger partial charge in [0.25, 0.3) is 11.8 Å². The van der Waals surface area contributed by atoms with Crippen molar-refractivity contribution in [3.05, 3.63) is 102 Å². The zero-order valence-electron chi connectivity index (χ0n) is 25.7. The van der Waals surface area contributed by atoms with Crippen LogP contribution in [0, 0.1) is 0 Å². The number of rotatable bonds is 4. The number of aromatic nitrogens is 2. The van der Waals surface area contributed by atoms with Crippen LogP contribution in [0.15, 0.2) is 84.9 Å². The molecule has 2 fully saturated rings. The van der Waals surface area contributed by atoms with E-state index in [-0.39, 0.29) is 30.3 Å². The van der Waals surface area contributed by atoms with Gasteiger partial charge in [0.05, 0.1) is 18.8 Å². The van der Waals surface area contributed by atoms with E-state index in [0.717, 1.165) is 43.7 Å². The summed E-state index contributed by atoms with van der Waals surface area (Å²) in [4.78, 5) is 52.2. The first-order chi connectivity index (χ1) is 22.0. The molecule has 10 nitrogen and oxygen atoms in total. The van der Waals surface area contributed by atoms with Crippen LogP contribution in [-0.2, 0) is 23.2 Å². The van der Waals surface area contributed by atoms with Crippen molar-refractivity contribution in [2.45, 2.75) is 44.3 Å². The molecule has 2 aromatic carbocycles. The largest absolute Gasteiger partial charge is 0.464 e. The monoisotopic (exact) mass is 608 g/mol. The number of likely N-dealkylation sites (tertiary alicyclic amines) is 1. The molecule has 234 valence electrons. The first-order valence-electron chi connectivity index (χ1n) is 15.7. The van der Waals surface area contributed by atoms with Gasteiger partial charge in [-0.25, -0.2) is 4.98 Å². The molecule has 0 saturated carbocycles. The zero-order valence-corrected chi connectivity index (χ0v) is 25.7. The van der Waals surface area contributed by atoms with E-state index >= 15 is 0 Å². The summed E-state index contributed by atoms with van der Waals surface area (Å²) in [6.45, 7) is 3.67. The number of para-hydroxylation sites is 1. The molecule has 0 radical (unpaired) electrons. The third kappa shape index (κ3) is 7.01. The van der Waals surface area contributed by atoms with Crippen molar-refractivity contribution < 1.29 is 19.1 Å². The Bertz CT molecular complexity index is 1580. The predicted octanol–water partition coefficient (Wildman–Crippen LogP) is 3.62. The quantitative estimate of drug-likeness (QED) is 0.486. The van der Waals surface area contributed by atoms with E-state index in [1.165, 1.54) is 6.26 Å². The number of carbonyl (C=O) groups excluding carboxylic acids is 3. The van der Waals surface area contributed by atoms with Crippen LogP contribution in [0.3, 0.4) is 0 Å². The number of nitrogens with one attached hydrogen (secondary N) is 1. The van der Waals surface area contributed by atoms with E-state index in [4.69, 9.17) is 4.74 Å². The minimum absolute atomic E-state index is 0.0901. The van der Waals surface area contributed by atoms with Crippen molar-refractivity contribution in [2.75, 3.05) is 32.7 Å². The summed E-state index contributed by atoms with van der Waals surface area (Å²) < 4.78 is 7.76. The molecule has 1 N–H and O–H groups in total. The maximum absolute atomic E-state index is 14.1. The van der Waals surface area contributed by atoms with Gasteiger partial charge in [0, 0.05) is 62.3 Å². The standard InChI is InChI=1S/C35H40N6O4/c1-38-20-16-36-32(38)25-39-17-8-7-15-37-33(42)30-23-29(40(19-9-18-39)34(43)26-10-3-2-4-11-26)24-41(30)35(44)28-14-21-45-31-13-6-5-12-27(31)22-28/h2-6,10-14,16,20-22,29-30H,7-9,15,17-19,23-25H2,1H3,(H,37,42)/t29-,30-/m0/s1. The second-order valence-electron chi connectivity index (χ2n) is 11.9. The molecule has 2 saturated heterocycles. The lowest BCUT2D eigenvalue weighted by atomic mass is 10.1. The smallest absolute Gasteiger partial charge is 0.254 e. The molecule has 0 spiro atoms. The maximum Gasteiger partial charge on any atom is 0.254 e. The maximum atomic E-state index is 14.1. The number of fused-ring (bicyclic) bond motifs is 3. The molecule has 45 heavy (non-hydrogen) atoms. The molecule has 10 heteroatoms. The lowest BCUT2D eigenvalue weighted by Crippen LogP contribution is -2.46. The van der Waals surface area contributed by atoms with Gasteiger partial charge in [-0.05, 0) is 62.6 Å². The van der Waals surface area contributed by atoms with Crippen LogP contribution in [0.1, 0.15) is 47.4 Å². The lowest BCUT2D eigenvalue weighted by molar-refractivity contribution is -0.135. The van der Waals surface area contributed by atoms with E-state index in [9.17, 15) is 14.4 Å². The van der Waals surface area contributed by atoms with Crippen LogP contribution in [0.2, 0.25) is 0 Å². The average Bonchev–Trinajstić information content (AvgIpc) is 3.61. The highest BCUT2D eigenvalue weighted by molar-refractivity contribution is 6.03. The summed E-state index contributed by atoms with van der Waals surface area (Å²) in [5.41, 5.74) is 1.82. The number of benzene rings is 2. The molecule has 2 atom stereocenters. The van der Waals surface area contributed by atoms with E-state index in [2.05, 4.69) is 15.2 Å². The summed E-state index contributed by atoms with van der Waals surface area (Å²) >= 11 is 0. The van der Waals surface area contributed by atoms with Gasteiger partial charge in [-0.2, -0.15) is 0 Å². The van der Waals surface area contributed by atoms with E-state index < -0.39 is 6.04 Å². The Hall–Kier alpha value is -4.70. The van der Waals surface area contributed by atoms with Crippen LogP contribution < -0.4 is 10.1 Å². The molecule has 4 heterocycles. The molecular weight excluding hydrogens is 568 g/mol. The summed E-state index contributed by atoms with van der Waals surface area (Å²) in [7, 11) is 2.00. The van der Waals surface area contributed by atoms with Crippen molar-refractivity contribution in [1.82, 2.24) is 29.6 Å². The third-order valence-corrected chi connectivity index (χ3v) is 8.84. The van der Waals surface area contributed by atoms with Gasteiger partial charge in [0.15, 0.2) is 0 Å². The van der Waals surface area contributed by atoms with E-state index in [1.54, 1.807) is 17.1 Å². The second-order valence-corrected chi connectivity index (χ2v) is 11.9. The van der Waals surface area contributed by atoms with Gasteiger partial charge in [-0.1, -0.05) is 36.4 Å². The fraction of sp³-hybridized carbons (Fsp3) is 0.371. The molecule has 3 aliphatic heterocycles. The van der Waals surface area contributed by atoms with Gasteiger partial charge in [-0.15, -0.1) is 0 Å². The molecule has 0 aliphatic carbocycles. The SMILES string of the molecule is Cn1ccnc1CN1CCCCNC(=O)[C@@H]2C[C@@H](CN2C(=O)C2=Cc3ccccc3OC=C2)N(C(=O)c2ccccc2)CCC1. The Balaban J connectivity index is 1.28. The zero-order chi connectivity index (χ0) is 31.2. The topological polar surface area (TPSA) is 100 Å². The highest BCUT2D eigenvalue weighted by Crippen LogP contribution is 2.30. The molecule has 3 aromatic rings. The summed E-state index contributed by atoms with van der Waals surface area (Å²) in [5.74, 6) is 1.12. The second kappa shape index (κ2) is 13.9. The Morgan fingerprint density at radius 1 is 0.956 bits per heavy atom. The number of amides is 3. The lowest BCUT2D eigenvalue weighted by Gasteiger charge is -2.31. The number of hydrogen-bond donors (Lipinski definition) is 1. The Morgan fingerprint density at radius 2 is 1.76 bits per heavy atom. The number of ether oxygens (including phenoxy) is 1. The van der Waals surface area contributed by atoms with Gasteiger partial charge >= 0.3 is 0 Å². The van der Waals surface area contributed by atoms with Crippen LogP contribution in [-0.4, -0.2) is 86.8 Å². The van der Waals surface area contributed by atoms with Gasteiger partial charge in [0.1, 0.15) is 17.6 Å². The van der Waals surface area contributed by atoms with Gasteiger partial charge in [-0.3, -0.25) is 19.3 Å². The molecule has 6 rings (SSSR count). The summed E-state index contributed by atoms with van der Waals surface area (Å²) in [6.07, 6.45) is 11.6. The third-order valence-electron chi connectivity index (χ3n) is 8.84. The Labute approximate surface area is 264 Å². The number of aryl methyl sites for hydroxylation is 1. The molecule has 3 amide bonds. The van der Waals surface area contributed by atoms with Crippen molar-refractivity contribution in [1.29, 1.82) is 0 Å². The number of nitrogens with zero attached hydrogens (tertiary/aromatic N) is 5. The summed E-state index contributed by atoms with van der Waals surface area (Å²) in [5, 5.41) is 3.09. The minimum Gasteiger partial charge on any atom is -0.464 e. The van der Waals surface area contributed by atoms with Gasteiger partial charge < -0.3 is 24.4 Å². The first-order valence-corrected chi connectivity index (χ1v) is 15.7. The molecule has 2 bridgehead atoms. The van der Waals surface area contributed by atoms with Crippen LogP contribution in [0.4, 0.5) is 0 Å². The van der Waals surface area contributed by atoms with Crippen molar-refractivity contribution in [2.24, 2.45) is 7.05 Å². The fourth-order valence-electron chi connectivity index (χ4n) is 6.38. The molecule has 3 aliphatic rings. The highest BCUT2D eigenvalue weighted by atomic mass is 16.5. The first kappa shape index (κ1) is 30.3. The van der Waals surface area contributed by atoms with Crippen molar-refractivity contribution in [3.8, 4) is 5.75 Å². The van der Waals surface area contributed by atoms with E-state index in [1.807, 2.05) is 83.5 Å². The summed E-state index contributed by atoms with van der Waals surface area (Å²) in [6, 6.07) is 15.8. The van der Waals surface area contributed by atoms with Crippen LogP contribution in [0.25, 0.3) is 6.08 Å². The average molecular weight is 609 g/mol. The fourth-order valence-corrected chi connectivity index (χ4v) is 6.38. The Morgan fingerprint density at radius 3 is 2.58 bits per heavy atom. The molecule has 0 unspecified atom stereocenters. The van der Waals surface area contributed by atoms with Crippen LogP contribution in [0.5, 0.6) is 5.75 Å². The predicted molar refractivity (Wildman–Crippen MR) is 171 cm³/mol. The number of imidazole rings is 1. The molecular formula is C35H40N6O4. The van der Waals surface area contributed by atoms with E-state index in [0.29, 0.717) is 42.9 Å². The Kier molecular flexibility index (Phi) is 9.40. The van der Waals surface area contributed by atoms with Crippen LogP contribution >= 0.6 is 0 Å². The minimum atomic E-state index is -0.690. The van der Waals surface area contributed by atoms with Crippen molar-refractivity contribution >= 4 is 23.8 Å².